The lowest BCUT2D eigenvalue weighted by atomic mass is 9.95. The number of rotatable bonds is 6. The first-order valence-electron chi connectivity index (χ1n) is 10.9. The molecule has 3 aromatic rings. The van der Waals surface area contributed by atoms with E-state index in [1.807, 2.05) is 0 Å². The van der Waals surface area contributed by atoms with Gasteiger partial charge in [0, 0.05) is 19.0 Å². The van der Waals surface area contributed by atoms with Crippen LogP contribution in [0.1, 0.15) is 28.8 Å². The predicted molar refractivity (Wildman–Crippen MR) is 123 cm³/mol. The zero-order chi connectivity index (χ0) is 23.2. The molecule has 1 aliphatic rings. The molecule has 33 heavy (non-hydrogen) atoms. The van der Waals surface area contributed by atoms with E-state index in [4.69, 9.17) is 4.74 Å². The van der Waals surface area contributed by atoms with Crippen molar-refractivity contribution >= 4 is 17.5 Å². The number of hydrogen-bond donors (Lipinski definition) is 2. The first kappa shape index (κ1) is 22.3. The third-order valence-electron chi connectivity index (χ3n) is 5.74. The maximum atomic E-state index is 13.2. The largest absolute Gasteiger partial charge is 0.506 e. The molecule has 2 N–H and O–H groups in total. The van der Waals surface area contributed by atoms with Crippen molar-refractivity contribution in [2.24, 2.45) is 5.92 Å². The second-order valence-electron chi connectivity index (χ2n) is 7.98. The fourth-order valence-corrected chi connectivity index (χ4v) is 3.84. The number of halogens is 1. The molecule has 0 aromatic heterocycles. The number of amides is 2. The van der Waals surface area contributed by atoms with E-state index in [0.717, 1.165) is 5.56 Å². The van der Waals surface area contributed by atoms with Crippen molar-refractivity contribution in [1.29, 1.82) is 0 Å². The van der Waals surface area contributed by atoms with Crippen LogP contribution in [0.15, 0.2) is 72.8 Å². The number of nitrogens with zero attached hydrogens (tertiary/aromatic N) is 1. The normalized spacial score (nSPS) is 14.0. The Hall–Kier alpha value is -3.87. The van der Waals surface area contributed by atoms with Crippen LogP contribution < -0.4 is 10.1 Å². The van der Waals surface area contributed by atoms with Crippen LogP contribution in [-0.4, -0.2) is 34.9 Å². The molecule has 0 saturated carbocycles. The standard InChI is InChI=1S/C26H25FN2O4/c27-20-11-9-18(10-12-20)17-33-24-8-4-1-5-21(24)26(32)29-15-13-19(14-16-29)25(31)28-22-6-2-3-7-23(22)30/h1-12,19,30H,13-17H2,(H,28,31). The third-order valence-corrected chi connectivity index (χ3v) is 5.74. The summed E-state index contributed by atoms with van der Waals surface area (Å²) >= 11 is 0. The van der Waals surface area contributed by atoms with Gasteiger partial charge in [-0.05, 0) is 54.8 Å². The zero-order valence-electron chi connectivity index (χ0n) is 18.0. The Morgan fingerprint density at radius 2 is 1.64 bits per heavy atom. The van der Waals surface area contributed by atoms with Gasteiger partial charge in [-0.25, -0.2) is 4.39 Å². The molecule has 1 saturated heterocycles. The fourth-order valence-electron chi connectivity index (χ4n) is 3.84. The molecular formula is C26H25FN2O4. The predicted octanol–water partition coefficient (Wildman–Crippen LogP) is 4.60. The van der Waals surface area contributed by atoms with Crippen molar-refractivity contribution in [3.8, 4) is 11.5 Å². The average Bonchev–Trinajstić information content (AvgIpc) is 2.85. The van der Waals surface area contributed by atoms with E-state index >= 15 is 0 Å². The van der Waals surface area contributed by atoms with E-state index in [1.54, 1.807) is 59.5 Å². The van der Waals surface area contributed by atoms with E-state index in [2.05, 4.69) is 5.32 Å². The Morgan fingerprint density at radius 3 is 2.36 bits per heavy atom. The van der Waals surface area contributed by atoms with Crippen molar-refractivity contribution < 1.29 is 23.8 Å². The van der Waals surface area contributed by atoms with Gasteiger partial charge in [0.1, 0.15) is 23.9 Å². The summed E-state index contributed by atoms with van der Waals surface area (Å²) in [6.45, 7) is 1.12. The Labute approximate surface area is 191 Å². The van der Waals surface area contributed by atoms with Gasteiger partial charge in [0.15, 0.2) is 0 Å². The highest BCUT2D eigenvalue weighted by atomic mass is 19.1. The number of para-hydroxylation sites is 3. The van der Waals surface area contributed by atoms with Gasteiger partial charge >= 0.3 is 0 Å². The molecular weight excluding hydrogens is 423 g/mol. The second-order valence-corrected chi connectivity index (χ2v) is 7.98. The third kappa shape index (κ3) is 5.49. The number of phenols is 1. The van der Waals surface area contributed by atoms with E-state index in [9.17, 15) is 19.1 Å². The van der Waals surface area contributed by atoms with Crippen molar-refractivity contribution in [2.45, 2.75) is 19.4 Å². The van der Waals surface area contributed by atoms with Gasteiger partial charge in [0.25, 0.3) is 5.91 Å². The first-order chi connectivity index (χ1) is 16.0. The quantitative estimate of drug-likeness (QED) is 0.540. The molecule has 0 unspecified atom stereocenters. The maximum Gasteiger partial charge on any atom is 0.257 e. The molecule has 0 spiro atoms. The zero-order valence-corrected chi connectivity index (χ0v) is 18.0. The van der Waals surface area contributed by atoms with Crippen molar-refractivity contribution in [1.82, 2.24) is 4.90 Å². The Morgan fingerprint density at radius 1 is 0.970 bits per heavy atom. The van der Waals surface area contributed by atoms with Gasteiger partial charge in [0.05, 0.1) is 11.3 Å². The second kappa shape index (κ2) is 10.2. The maximum absolute atomic E-state index is 13.2. The molecule has 0 radical (unpaired) electrons. The number of nitrogens with one attached hydrogen (secondary N) is 1. The number of piperidine rings is 1. The lowest BCUT2D eigenvalue weighted by Gasteiger charge is -2.31. The number of anilines is 1. The van der Waals surface area contributed by atoms with Crippen molar-refractivity contribution in [3.63, 3.8) is 0 Å². The lowest BCUT2D eigenvalue weighted by molar-refractivity contribution is -0.121. The number of carbonyl (C=O) groups is 2. The molecule has 3 aromatic carbocycles. The van der Waals surface area contributed by atoms with E-state index in [1.165, 1.54) is 18.2 Å². The Kier molecular flexibility index (Phi) is 6.88. The molecule has 1 heterocycles. The van der Waals surface area contributed by atoms with Crippen LogP contribution in [0.3, 0.4) is 0 Å². The van der Waals surface area contributed by atoms with Gasteiger partial charge in [0.2, 0.25) is 5.91 Å². The molecule has 1 aliphatic heterocycles. The van der Waals surface area contributed by atoms with Crippen molar-refractivity contribution in [3.05, 3.63) is 89.7 Å². The molecule has 1 fully saturated rings. The molecule has 4 rings (SSSR count). The summed E-state index contributed by atoms with van der Waals surface area (Å²) in [6.07, 6.45) is 1.06. The molecule has 7 heteroatoms. The van der Waals surface area contributed by atoms with Gasteiger partial charge in [-0.1, -0.05) is 36.4 Å². The van der Waals surface area contributed by atoms with Gasteiger partial charge in [-0.2, -0.15) is 0 Å². The van der Waals surface area contributed by atoms with Gasteiger partial charge in [-0.3, -0.25) is 9.59 Å². The molecule has 2 amide bonds. The summed E-state index contributed by atoms with van der Waals surface area (Å²) in [5, 5.41) is 12.6. The molecule has 0 atom stereocenters. The number of hydrogen-bond acceptors (Lipinski definition) is 4. The number of carbonyl (C=O) groups excluding carboxylic acids is 2. The Balaban J connectivity index is 1.35. The average molecular weight is 448 g/mol. The number of benzene rings is 3. The minimum Gasteiger partial charge on any atom is -0.506 e. The van der Waals surface area contributed by atoms with E-state index in [-0.39, 0.29) is 35.9 Å². The number of phenolic OH excluding ortho intramolecular Hbond substituents is 1. The van der Waals surface area contributed by atoms with Gasteiger partial charge < -0.3 is 20.1 Å². The van der Waals surface area contributed by atoms with Crippen LogP contribution >= 0.6 is 0 Å². The first-order valence-corrected chi connectivity index (χ1v) is 10.9. The number of likely N-dealkylation sites (tertiary alicyclic amines) is 1. The van der Waals surface area contributed by atoms with Crippen LogP contribution in [0.2, 0.25) is 0 Å². The SMILES string of the molecule is O=C(Nc1ccccc1O)C1CCN(C(=O)c2ccccc2OCc2ccc(F)cc2)CC1. The summed E-state index contributed by atoms with van der Waals surface area (Å²) < 4.78 is 19.0. The number of aromatic hydroxyl groups is 1. The highest BCUT2D eigenvalue weighted by Gasteiger charge is 2.29. The van der Waals surface area contributed by atoms with Crippen LogP contribution in [0.4, 0.5) is 10.1 Å². The van der Waals surface area contributed by atoms with Crippen LogP contribution in [0, 0.1) is 11.7 Å². The summed E-state index contributed by atoms with van der Waals surface area (Å²) in [5.41, 5.74) is 1.64. The molecule has 170 valence electrons. The molecule has 0 aliphatic carbocycles. The fraction of sp³-hybridized carbons (Fsp3) is 0.231. The highest BCUT2D eigenvalue weighted by Crippen LogP contribution is 2.27. The minimum absolute atomic E-state index is 0.0238. The van der Waals surface area contributed by atoms with Gasteiger partial charge in [-0.15, -0.1) is 0 Å². The van der Waals surface area contributed by atoms with Crippen LogP contribution in [-0.2, 0) is 11.4 Å². The van der Waals surface area contributed by atoms with Crippen LogP contribution in [0.25, 0.3) is 0 Å². The number of ether oxygens (including phenoxy) is 1. The summed E-state index contributed by atoms with van der Waals surface area (Å²) in [4.78, 5) is 27.5. The molecule has 0 bridgehead atoms. The summed E-state index contributed by atoms with van der Waals surface area (Å²) in [7, 11) is 0. The van der Waals surface area contributed by atoms with E-state index < -0.39 is 0 Å². The monoisotopic (exact) mass is 448 g/mol. The highest BCUT2D eigenvalue weighted by molar-refractivity contribution is 5.97. The van der Waals surface area contributed by atoms with E-state index in [0.29, 0.717) is 42.9 Å². The lowest BCUT2D eigenvalue weighted by Crippen LogP contribution is -2.41. The Bertz CT molecular complexity index is 1130. The topological polar surface area (TPSA) is 78.9 Å². The summed E-state index contributed by atoms with van der Waals surface area (Å²) in [6, 6.07) is 19.7. The van der Waals surface area contributed by atoms with Crippen molar-refractivity contribution in [2.75, 3.05) is 18.4 Å². The minimum atomic E-state index is -0.313. The molecule has 6 nitrogen and oxygen atoms in total. The van der Waals surface area contributed by atoms with Crippen LogP contribution in [0.5, 0.6) is 11.5 Å². The smallest absolute Gasteiger partial charge is 0.257 e. The summed E-state index contributed by atoms with van der Waals surface area (Å²) in [5.74, 6) is -0.372.